The third-order valence-electron chi connectivity index (χ3n) is 4.67. The van der Waals surface area contributed by atoms with Gasteiger partial charge < -0.3 is 9.73 Å². The zero-order chi connectivity index (χ0) is 13.8. The number of nitrogens with one attached hydrogen (secondary N) is 1. The summed E-state index contributed by atoms with van der Waals surface area (Å²) < 4.78 is 5.54. The fourth-order valence-corrected chi connectivity index (χ4v) is 3.58. The van der Waals surface area contributed by atoms with Crippen LogP contribution in [0.1, 0.15) is 36.5 Å². The molecule has 1 aliphatic rings. The Kier molecular flexibility index (Phi) is 4.22. The van der Waals surface area contributed by atoms with E-state index in [4.69, 9.17) is 4.42 Å². The summed E-state index contributed by atoms with van der Waals surface area (Å²) in [4.78, 5) is 0. The monoisotopic (exact) mass is 269 g/mol. The van der Waals surface area contributed by atoms with Crippen LogP contribution >= 0.6 is 0 Å². The van der Waals surface area contributed by atoms with E-state index in [1.165, 1.54) is 24.8 Å². The molecule has 3 atom stereocenters. The van der Waals surface area contributed by atoms with E-state index in [1.54, 1.807) is 6.26 Å². The highest BCUT2D eigenvalue weighted by Crippen LogP contribution is 2.37. The average Bonchev–Trinajstić information content (AvgIpc) is 3.01. The van der Waals surface area contributed by atoms with E-state index >= 15 is 0 Å². The smallest absolute Gasteiger partial charge is 0.104 e. The standard InChI is InChI=1S/C18H23NO/c1-19-18-10-9-15(14-6-3-2-4-7-14)12-16(18)13-17-8-5-11-20-17/h2-8,11,15-16,18-19H,9-10,12-13H2,1H3. The summed E-state index contributed by atoms with van der Waals surface area (Å²) in [6, 6.07) is 15.6. The second-order valence-corrected chi connectivity index (χ2v) is 5.86. The minimum atomic E-state index is 0.611. The Bertz CT molecular complexity index is 505. The van der Waals surface area contributed by atoms with Crippen molar-refractivity contribution in [3.8, 4) is 0 Å². The van der Waals surface area contributed by atoms with Crippen LogP contribution in [0.15, 0.2) is 53.1 Å². The van der Waals surface area contributed by atoms with Gasteiger partial charge in [0, 0.05) is 12.5 Å². The molecule has 2 aromatic rings. The number of rotatable bonds is 4. The molecule has 0 amide bonds. The van der Waals surface area contributed by atoms with Crippen molar-refractivity contribution in [2.75, 3.05) is 7.05 Å². The quantitative estimate of drug-likeness (QED) is 0.907. The van der Waals surface area contributed by atoms with Crippen molar-refractivity contribution < 1.29 is 4.42 Å². The van der Waals surface area contributed by atoms with Gasteiger partial charge in [0.05, 0.1) is 6.26 Å². The van der Waals surface area contributed by atoms with Gasteiger partial charge in [-0.15, -0.1) is 0 Å². The highest BCUT2D eigenvalue weighted by Gasteiger charge is 2.30. The largest absolute Gasteiger partial charge is 0.469 e. The Balaban J connectivity index is 1.72. The second-order valence-electron chi connectivity index (χ2n) is 5.86. The van der Waals surface area contributed by atoms with Gasteiger partial charge in [-0.25, -0.2) is 0 Å². The molecule has 0 spiro atoms. The lowest BCUT2D eigenvalue weighted by Gasteiger charge is -2.36. The van der Waals surface area contributed by atoms with Gasteiger partial charge in [-0.1, -0.05) is 30.3 Å². The first kappa shape index (κ1) is 13.4. The van der Waals surface area contributed by atoms with Gasteiger partial charge in [0.25, 0.3) is 0 Å². The van der Waals surface area contributed by atoms with E-state index in [1.807, 2.05) is 6.07 Å². The van der Waals surface area contributed by atoms with Gasteiger partial charge in [0.15, 0.2) is 0 Å². The Hall–Kier alpha value is -1.54. The molecule has 1 saturated carbocycles. The van der Waals surface area contributed by atoms with E-state index < -0.39 is 0 Å². The van der Waals surface area contributed by atoms with Crippen LogP contribution in [-0.2, 0) is 6.42 Å². The first-order valence-electron chi connectivity index (χ1n) is 7.61. The van der Waals surface area contributed by atoms with Crippen LogP contribution in [0.4, 0.5) is 0 Å². The molecule has 2 heteroatoms. The SMILES string of the molecule is CNC1CCC(c2ccccc2)CC1Cc1ccco1. The van der Waals surface area contributed by atoms with Gasteiger partial charge in [-0.05, 0) is 55.8 Å². The lowest BCUT2D eigenvalue weighted by molar-refractivity contribution is 0.238. The van der Waals surface area contributed by atoms with Crippen LogP contribution in [-0.4, -0.2) is 13.1 Å². The third-order valence-corrected chi connectivity index (χ3v) is 4.67. The molecule has 1 fully saturated rings. The number of furan rings is 1. The lowest BCUT2D eigenvalue weighted by atomic mass is 9.73. The van der Waals surface area contributed by atoms with Crippen LogP contribution < -0.4 is 5.32 Å². The summed E-state index contributed by atoms with van der Waals surface area (Å²) in [6.07, 6.45) is 6.60. The molecule has 3 rings (SSSR count). The van der Waals surface area contributed by atoms with Gasteiger partial charge in [0.1, 0.15) is 5.76 Å². The highest BCUT2D eigenvalue weighted by atomic mass is 16.3. The second kappa shape index (κ2) is 6.27. The molecule has 0 aliphatic heterocycles. The predicted octanol–water partition coefficient (Wildman–Crippen LogP) is 3.99. The minimum Gasteiger partial charge on any atom is -0.469 e. The first-order chi connectivity index (χ1) is 9.86. The maximum absolute atomic E-state index is 5.54. The van der Waals surface area contributed by atoms with Crippen molar-refractivity contribution in [1.29, 1.82) is 0 Å². The van der Waals surface area contributed by atoms with E-state index in [2.05, 4.69) is 48.8 Å². The van der Waals surface area contributed by atoms with E-state index in [9.17, 15) is 0 Å². The molecule has 3 unspecified atom stereocenters. The van der Waals surface area contributed by atoms with E-state index in [0.717, 1.165) is 12.2 Å². The minimum absolute atomic E-state index is 0.611. The zero-order valence-corrected chi connectivity index (χ0v) is 12.1. The normalized spacial score (nSPS) is 26.6. The summed E-state index contributed by atoms with van der Waals surface area (Å²) in [5.41, 5.74) is 1.49. The molecular weight excluding hydrogens is 246 g/mol. The molecule has 0 radical (unpaired) electrons. The molecule has 1 aliphatic carbocycles. The predicted molar refractivity (Wildman–Crippen MR) is 81.8 cm³/mol. The van der Waals surface area contributed by atoms with Crippen LogP contribution in [0.3, 0.4) is 0 Å². The molecule has 2 nitrogen and oxygen atoms in total. The summed E-state index contributed by atoms with van der Waals surface area (Å²) in [6.45, 7) is 0. The van der Waals surface area contributed by atoms with Crippen molar-refractivity contribution in [2.24, 2.45) is 5.92 Å². The topological polar surface area (TPSA) is 25.2 Å². The Morgan fingerprint density at radius 1 is 1.10 bits per heavy atom. The summed E-state index contributed by atoms with van der Waals surface area (Å²) in [5, 5.41) is 3.50. The van der Waals surface area contributed by atoms with Crippen LogP contribution in [0.25, 0.3) is 0 Å². The fourth-order valence-electron chi connectivity index (χ4n) is 3.58. The fraction of sp³-hybridized carbons (Fsp3) is 0.444. The number of benzene rings is 1. The van der Waals surface area contributed by atoms with Gasteiger partial charge in [-0.2, -0.15) is 0 Å². The summed E-state index contributed by atoms with van der Waals surface area (Å²) >= 11 is 0. The number of hydrogen-bond donors (Lipinski definition) is 1. The molecule has 0 saturated heterocycles. The van der Waals surface area contributed by atoms with Crippen molar-refractivity contribution in [3.63, 3.8) is 0 Å². The van der Waals surface area contributed by atoms with Crippen molar-refractivity contribution in [1.82, 2.24) is 5.32 Å². The Labute approximate surface area is 121 Å². The average molecular weight is 269 g/mol. The first-order valence-corrected chi connectivity index (χ1v) is 7.61. The Morgan fingerprint density at radius 3 is 2.65 bits per heavy atom. The molecule has 20 heavy (non-hydrogen) atoms. The van der Waals surface area contributed by atoms with Gasteiger partial charge in [-0.3, -0.25) is 0 Å². The van der Waals surface area contributed by atoms with Crippen molar-refractivity contribution >= 4 is 0 Å². The van der Waals surface area contributed by atoms with Crippen LogP contribution in [0.5, 0.6) is 0 Å². The summed E-state index contributed by atoms with van der Waals surface area (Å²) in [7, 11) is 2.09. The van der Waals surface area contributed by atoms with Gasteiger partial charge >= 0.3 is 0 Å². The maximum Gasteiger partial charge on any atom is 0.104 e. The number of hydrogen-bond acceptors (Lipinski definition) is 2. The highest BCUT2D eigenvalue weighted by molar-refractivity contribution is 5.20. The zero-order valence-electron chi connectivity index (χ0n) is 12.1. The third kappa shape index (κ3) is 2.96. The summed E-state index contributed by atoms with van der Waals surface area (Å²) in [5.74, 6) is 2.47. The van der Waals surface area contributed by atoms with Crippen molar-refractivity contribution in [3.05, 3.63) is 60.1 Å². The lowest BCUT2D eigenvalue weighted by Crippen LogP contribution is -2.39. The maximum atomic E-state index is 5.54. The van der Waals surface area contributed by atoms with E-state index in [0.29, 0.717) is 17.9 Å². The molecule has 1 aromatic heterocycles. The molecular formula is C18H23NO. The van der Waals surface area contributed by atoms with Crippen LogP contribution in [0, 0.1) is 5.92 Å². The molecule has 0 bridgehead atoms. The molecule has 1 aromatic carbocycles. The Morgan fingerprint density at radius 2 is 1.95 bits per heavy atom. The van der Waals surface area contributed by atoms with Crippen LogP contribution in [0.2, 0.25) is 0 Å². The molecule has 1 heterocycles. The molecule has 1 N–H and O–H groups in total. The van der Waals surface area contributed by atoms with Gasteiger partial charge in [0.2, 0.25) is 0 Å². The molecule has 106 valence electrons. The van der Waals surface area contributed by atoms with E-state index in [-0.39, 0.29) is 0 Å². The van der Waals surface area contributed by atoms with Crippen molar-refractivity contribution in [2.45, 2.75) is 37.6 Å².